The van der Waals surface area contributed by atoms with E-state index in [-0.39, 0.29) is 0 Å². The summed E-state index contributed by atoms with van der Waals surface area (Å²) in [6, 6.07) is 52.0. The number of benzene rings is 6. The fourth-order valence-corrected chi connectivity index (χ4v) is 6.02. The summed E-state index contributed by atoms with van der Waals surface area (Å²) >= 11 is 0. The molecule has 2 heteroatoms. The van der Waals surface area contributed by atoms with Crippen molar-refractivity contribution < 1.29 is 4.74 Å². The van der Waals surface area contributed by atoms with Gasteiger partial charge in [-0.3, -0.25) is 0 Å². The Morgan fingerprint density at radius 3 is 1.45 bits per heavy atom. The molecular formula is C40H31NO. The van der Waals surface area contributed by atoms with Crippen molar-refractivity contribution in [3.8, 4) is 39.1 Å². The molecule has 42 heavy (non-hydrogen) atoms. The molecule has 1 aromatic heterocycles. The first-order valence-corrected chi connectivity index (χ1v) is 14.4. The maximum atomic E-state index is 5.61. The molecule has 0 fully saturated rings. The minimum atomic E-state index is 0.611. The highest BCUT2D eigenvalue weighted by Crippen LogP contribution is 2.39. The van der Waals surface area contributed by atoms with E-state index in [1.807, 2.05) is 6.92 Å². The topological polar surface area (TPSA) is 14.2 Å². The van der Waals surface area contributed by atoms with E-state index in [9.17, 15) is 0 Å². The lowest BCUT2D eigenvalue weighted by Gasteiger charge is -2.16. The van der Waals surface area contributed by atoms with Gasteiger partial charge in [0.15, 0.2) is 0 Å². The van der Waals surface area contributed by atoms with Gasteiger partial charge < -0.3 is 9.30 Å². The molecule has 6 aromatic carbocycles. The number of hydrogen-bond acceptors (Lipinski definition) is 1. The van der Waals surface area contributed by atoms with Crippen LogP contribution in [0.25, 0.3) is 66.6 Å². The van der Waals surface area contributed by atoms with Crippen LogP contribution in [0.15, 0.2) is 152 Å². The zero-order valence-corrected chi connectivity index (χ0v) is 23.6. The molecule has 1 heterocycles. The van der Waals surface area contributed by atoms with Gasteiger partial charge in [0.2, 0.25) is 0 Å². The van der Waals surface area contributed by atoms with Crippen molar-refractivity contribution in [2.24, 2.45) is 0 Å². The summed E-state index contributed by atoms with van der Waals surface area (Å²) in [5.41, 5.74) is 11.8. The molecule has 0 saturated carbocycles. The van der Waals surface area contributed by atoms with E-state index in [4.69, 9.17) is 4.74 Å². The summed E-state index contributed by atoms with van der Waals surface area (Å²) in [4.78, 5) is 0. The third-order valence-electron chi connectivity index (χ3n) is 8.00. The highest BCUT2D eigenvalue weighted by molar-refractivity contribution is 6.09. The highest BCUT2D eigenvalue weighted by atomic mass is 16.5. The SMILES string of the molecule is C=C(OCC)c1ccc(-c2ccccc2-c2ccccc2-c2ccc(-n3c4ccccc4c4ccccc43)cc2)cc1. The first-order chi connectivity index (χ1) is 20.7. The highest BCUT2D eigenvalue weighted by Gasteiger charge is 2.14. The van der Waals surface area contributed by atoms with Gasteiger partial charge in [0.05, 0.1) is 17.6 Å². The number of para-hydroxylation sites is 2. The molecule has 7 aromatic rings. The van der Waals surface area contributed by atoms with E-state index >= 15 is 0 Å². The fraction of sp³-hybridized carbons (Fsp3) is 0.0500. The summed E-state index contributed by atoms with van der Waals surface area (Å²) in [6.45, 7) is 6.64. The summed E-state index contributed by atoms with van der Waals surface area (Å²) in [7, 11) is 0. The van der Waals surface area contributed by atoms with E-state index < -0.39 is 0 Å². The predicted octanol–water partition coefficient (Wildman–Crippen LogP) is 10.8. The number of hydrogen-bond donors (Lipinski definition) is 0. The van der Waals surface area contributed by atoms with Crippen LogP contribution in [-0.2, 0) is 4.74 Å². The van der Waals surface area contributed by atoms with Gasteiger partial charge >= 0.3 is 0 Å². The van der Waals surface area contributed by atoms with Crippen molar-refractivity contribution in [1.82, 2.24) is 4.57 Å². The molecule has 0 N–H and O–H groups in total. The normalized spacial score (nSPS) is 11.2. The lowest BCUT2D eigenvalue weighted by molar-refractivity contribution is 0.299. The van der Waals surface area contributed by atoms with E-state index in [0.29, 0.717) is 12.4 Å². The van der Waals surface area contributed by atoms with Crippen LogP contribution in [-0.4, -0.2) is 11.2 Å². The molecule has 7 rings (SSSR count). The molecule has 0 bridgehead atoms. The standard InChI is InChI=1S/C40H31NO/c1-3-42-28(2)29-20-22-30(23-21-29)33-12-4-6-14-35(33)36-15-7-5-13-34(36)31-24-26-32(27-25-31)41-39-18-10-8-16-37(39)38-17-9-11-19-40(38)41/h4-27H,2-3H2,1H3. The smallest absolute Gasteiger partial charge is 0.119 e. The summed E-state index contributed by atoms with van der Waals surface area (Å²) in [5, 5.41) is 2.55. The van der Waals surface area contributed by atoms with Gasteiger partial charge in [0.25, 0.3) is 0 Å². The Kier molecular flexibility index (Phi) is 6.65. The monoisotopic (exact) mass is 541 g/mol. The van der Waals surface area contributed by atoms with E-state index in [1.54, 1.807) is 0 Å². The number of fused-ring (bicyclic) bond motifs is 3. The van der Waals surface area contributed by atoms with Crippen molar-refractivity contribution in [3.05, 3.63) is 158 Å². The van der Waals surface area contributed by atoms with Crippen LogP contribution in [0.3, 0.4) is 0 Å². The average Bonchev–Trinajstić information content (AvgIpc) is 3.39. The van der Waals surface area contributed by atoms with Crippen molar-refractivity contribution in [2.75, 3.05) is 6.61 Å². The van der Waals surface area contributed by atoms with Crippen LogP contribution < -0.4 is 0 Å². The largest absolute Gasteiger partial charge is 0.494 e. The second-order valence-corrected chi connectivity index (χ2v) is 10.4. The minimum Gasteiger partial charge on any atom is -0.494 e. The molecule has 0 aliphatic heterocycles. The fourth-order valence-electron chi connectivity index (χ4n) is 6.02. The summed E-state index contributed by atoms with van der Waals surface area (Å²) in [5.74, 6) is 0.701. The number of nitrogens with zero attached hydrogens (tertiary/aromatic N) is 1. The van der Waals surface area contributed by atoms with Gasteiger partial charge in [-0.2, -0.15) is 0 Å². The van der Waals surface area contributed by atoms with E-state index in [1.165, 1.54) is 49.6 Å². The van der Waals surface area contributed by atoms with E-state index in [0.717, 1.165) is 16.8 Å². The zero-order valence-electron chi connectivity index (χ0n) is 23.6. The molecule has 0 aliphatic carbocycles. The second kappa shape index (κ2) is 10.9. The molecule has 0 amide bonds. The summed E-state index contributed by atoms with van der Waals surface area (Å²) < 4.78 is 7.97. The van der Waals surface area contributed by atoms with Gasteiger partial charge in [0, 0.05) is 22.0 Å². The molecular weight excluding hydrogens is 510 g/mol. The number of rotatable bonds is 7. The number of aromatic nitrogens is 1. The second-order valence-electron chi connectivity index (χ2n) is 10.4. The molecule has 0 radical (unpaired) electrons. The van der Waals surface area contributed by atoms with Crippen LogP contribution in [0.2, 0.25) is 0 Å². The Hall–Kier alpha value is -5.34. The lowest BCUT2D eigenvalue weighted by atomic mass is 9.89. The van der Waals surface area contributed by atoms with Crippen molar-refractivity contribution in [1.29, 1.82) is 0 Å². The summed E-state index contributed by atoms with van der Waals surface area (Å²) in [6.07, 6.45) is 0. The third-order valence-corrected chi connectivity index (χ3v) is 8.00. The van der Waals surface area contributed by atoms with Crippen LogP contribution in [0.5, 0.6) is 0 Å². The molecule has 2 nitrogen and oxygen atoms in total. The maximum absolute atomic E-state index is 5.61. The Morgan fingerprint density at radius 1 is 0.524 bits per heavy atom. The zero-order chi connectivity index (χ0) is 28.5. The van der Waals surface area contributed by atoms with Crippen molar-refractivity contribution >= 4 is 27.6 Å². The minimum absolute atomic E-state index is 0.611. The van der Waals surface area contributed by atoms with E-state index in [2.05, 4.69) is 157 Å². The van der Waals surface area contributed by atoms with Crippen LogP contribution in [0.1, 0.15) is 12.5 Å². The van der Waals surface area contributed by atoms with Crippen LogP contribution in [0.4, 0.5) is 0 Å². The third kappa shape index (κ3) is 4.48. The van der Waals surface area contributed by atoms with Crippen LogP contribution >= 0.6 is 0 Å². The molecule has 202 valence electrons. The van der Waals surface area contributed by atoms with Gasteiger partial charge in [-0.05, 0) is 64.6 Å². The Bertz CT molecular complexity index is 1990. The Balaban J connectivity index is 1.29. The van der Waals surface area contributed by atoms with Crippen LogP contribution in [0, 0.1) is 0 Å². The predicted molar refractivity (Wildman–Crippen MR) is 178 cm³/mol. The molecule has 0 atom stereocenters. The van der Waals surface area contributed by atoms with Crippen molar-refractivity contribution in [3.63, 3.8) is 0 Å². The van der Waals surface area contributed by atoms with Gasteiger partial charge in [-0.15, -0.1) is 0 Å². The Morgan fingerprint density at radius 2 is 0.952 bits per heavy atom. The average molecular weight is 542 g/mol. The quantitative estimate of drug-likeness (QED) is 0.183. The molecule has 0 aliphatic rings. The molecule has 0 spiro atoms. The lowest BCUT2D eigenvalue weighted by Crippen LogP contribution is -1.94. The first kappa shape index (κ1) is 25.6. The molecule has 0 unspecified atom stereocenters. The Labute approximate surface area is 246 Å². The van der Waals surface area contributed by atoms with Gasteiger partial charge in [-0.1, -0.05) is 128 Å². The van der Waals surface area contributed by atoms with Gasteiger partial charge in [-0.25, -0.2) is 0 Å². The first-order valence-electron chi connectivity index (χ1n) is 14.4. The molecule has 0 saturated heterocycles. The maximum Gasteiger partial charge on any atom is 0.119 e. The number of ether oxygens (including phenoxy) is 1. The van der Waals surface area contributed by atoms with Crippen molar-refractivity contribution in [2.45, 2.75) is 6.92 Å². The van der Waals surface area contributed by atoms with Gasteiger partial charge in [0.1, 0.15) is 5.76 Å².